The van der Waals surface area contributed by atoms with E-state index >= 15 is 0 Å². The molecular formula is C10H16O. The average Bonchev–Trinajstić information content (AvgIpc) is 2.76. The van der Waals surface area contributed by atoms with Gasteiger partial charge in [0.25, 0.3) is 0 Å². The van der Waals surface area contributed by atoms with Crippen LogP contribution in [-0.4, -0.2) is 12.7 Å². The van der Waals surface area contributed by atoms with Crippen molar-refractivity contribution in [2.45, 2.75) is 37.7 Å². The van der Waals surface area contributed by atoms with Crippen molar-refractivity contribution in [3.63, 3.8) is 0 Å². The highest BCUT2D eigenvalue weighted by Crippen LogP contribution is 2.67. The number of fused-ring (bicyclic) bond motifs is 2. The molecule has 0 aromatic heterocycles. The maximum absolute atomic E-state index is 5.68. The summed E-state index contributed by atoms with van der Waals surface area (Å²) < 4.78 is 5.68. The molecule has 0 aromatic rings. The van der Waals surface area contributed by atoms with Gasteiger partial charge in [0.1, 0.15) is 0 Å². The second-order valence-electron chi connectivity index (χ2n) is 4.59. The zero-order chi connectivity index (χ0) is 7.47. The molecule has 3 aliphatic carbocycles. The molecule has 0 N–H and O–H groups in total. The molecule has 4 unspecified atom stereocenters. The van der Waals surface area contributed by atoms with E-state index in [-0.39, 0.29) is 0 Å². The lowest BCUT2D eigenvalue weighted by atomic mass is 9.84. The topological polar surface area (TPSA) is 9.23 Å². The lowest BCUT2D eigenvalue weighted by Crippen LogP contribution is -2.22. The summed E-state index contributed by atoms with van der Waals surface area (Å²) in [5, 5.41) is 0. The van der Waals surface area contributed by atoms with Crippen molar-refractivity contribution in [2.24, 2.45) is 17.8 Å². The highest BCUT2D eigenvalue weighted by atomic mass is 16.5. The van der Waals surface area contributed by atoms with E-state index in [1.54, 1.807) is 0 Å². The van der Waals surface area contributed by atoms with Crippen molar-refractivity contribution in [2.75, 3.05) is 7.11 Å². The first-order valence-corrected chi connectivity index (χ1v) is 4.92. The van der Waals surface area contributed by atoms with Crippen LogP contribution in [0.1, 0.15) is 32.1 Å². The molecular weight excluding hydrogens is 136 g/mol. The van der Waals surface area contributed by atoms with Gasteiger partial charge < -0.3 is 4.74 Å². The first-order valence-electron chi connectivity index (χ1n) is 4.92. The van der Waals surface area contributed by atoms with Crippen LogP contribution in [0.15, 0.2) is 0 Å². The van der Waals surface area contributed by atoms with E-state index in [2.05, 4.69) is 0 Å². The highest BCUT2D eigenvalue weighted by molar-refractivity contribution is 5.18. The van der Waals surface area contributed by atoms with Crippen LogP contribution in [0.25, 0.3) is 0 Å². The Balaban J connectivity index is 1.91. The Morgan fingerprint density at radius 1 is 1.18 bits per heavy atom. The largest absolute Gasteiger partial charge is 0.378 e. The molecule has 1 nitrogen and oxygen atoms in total. The minimum atomic E-state index is 0.396. The Bertz CT molecular complexity index is 183. The van der Waals surface area contributed by atoms with Gasteiger partial charge in [-0.1, -0.05) is 6.42 Å². The molecule has 0 heterocycles. The van der Waals surface area contributed by atoms with Crippen LogP contribution < -0.4 is 0 Å². The van der Waals surface area contributed by atoms with Gasteiger partial charge in [-0.05, 0) is 43.4 Å². The summed E-state index contributed by atoms with van der Waals surface area (Å²) in [5.74, 6) is 3.01. The van der Waals surface area contributed by atoms with Crippen LogP contribution in [0.5, 0.6) is 0 Å². The zero-order valence-electron chi connectivity index (χ0n) is 7.18. The first kappa shape index (κ1) is 6.47. The van der Waals surface area contributed by atoms with E-state index in [1.165, 1.54) is 32.1 Å². The molecule has 0 radical (unpaired) electrons. The molecule has 3 fully saturated rings. The maximum Gasteiger partial charge on any atom is 0.0742 e. The summed E-state index contributed by atoms with van der Waals surface area (Å²) >= 11 is 0. The van der Waals surface area contributed by atoms with Gasteiger partial charge in [-0.3, -0.25) is 0 Å². The van der Waals surface area contributed by atoms with Gasteiger partial charge in [-0.2, -0.15) is 0 Å². The number of hydrogen-bond donors (Lipinski definition) is 0. The minimum absolute atomic E-state index is 0.396. The normalized spacial score (nSPS) is 59.2. The Morgan fingerprint density at radius 2 is 2.09 bits per heavy atom. The Labute approximate surface area is 68.1 Å². The molecule has 3 saturated carbocycles. The van der Waals surface area contributed by atoms with Crippen molar-refractivity contribution in [1.29, 1.82) is 0 Å². The fourth-order valence-corrected chi connectivity index (χ4v) is 3.74. The van der Waals surface area contributed by atoms with Crippen LogP contribution >= 0.6 is 0 Å². The summed E-state index contributed by atoms with van der Waals surface area (Å²) in [6, 6.07) is 0. The van der Waals surface area contributed by atoms with Gasteiger partial charge in [-0.15, -0.1) is 0 Å². The third kappa shape index (κ3) is 0.618. The van der Waals surface area contributed by atoms with Crippen LogP contribution in [0, 0.1) is 17.8 Å². The van der Waals surface area contributed by atoms with Crippen molar-refractivity contribution in [3.8, 4) is 0 Å². The van der Waals surface area contributed by atoms with Crippen molar-refractivity contribution < 1.29 is 4.74 Å². The molecule has 0 spiro atoms. The molecule has 2 bridgehead atoms. The molecule has 3 aliphatic rings. The standard InChI is InChI=1S/C10H16O/c1-11-10-5-4-7-2-3-8(10)9(10)6-7/h7-9H,2-6H2,1H3. The fourth-order valence-electron chi connectivity index (χ4n) is 3.74. The molecule has 0 aliphatic heterocycles. The second-order valence-corrected chi connectivity index (χ2v) is 4.59. The van der Waals surface area contributed by atoms with E-state index in [4.69, 9.17) is 4.74 Å². The number of methoxy groups -OCH3 is 1. The van der Waals surface area contributed by atoms with Gasteiger partial charge in [0, 0.05) is 7.11 Å². The van der Waals surface area contributed by atoms with Crippen LogP contribution in [0.3, 0.4) is 0 Å². The van der Waals surface area contributed by atoms with Crippen molar-refractivity contribution >= 4 is 0 Å². The third-order valence-electron chi connectivity index (χ3n) is 4.43. The lowest BCUT2D eigenvalue weighted by Gasteiger charge is -2.25. The monoisotopic (exact) mass is 152 g/mol. The van der Waals surface area contributed by atoms with Crippen LogP contribution in [-0.2, 0) is 4.74 Å². The summed E-state index contributed by atoms with van der Waals surface area (Å²) in [6.07, 6.45) is 7.25. The highest BCUT2D eigenvalue weighted by Gasteiger charge is 2.68. The van der Waals surface area contributed by atoms with Gasteiger partial charge in [-0.25, -0.2) is 0 Å². The van der Waals surface area contributed by atoms with Crippen LogP contribution in [0.2, 0.25) is 0 Å². The Morgan fingerprint density at radius 3 is 2.91 bits per heavy atom. The molecule has 1 heteroatoms. The van der Waals surface area contributed by atoms with E-state index in [0.29, 0.717) is 5.60 Å². The molecule has 11 heavy (non-hydrogen) atoms. The molecule has 62 valence electrons. The number of ether oxygens (including phenoxy) is 1. The first-order chi connectivity index (χ1) is 5.37. The second kappa shape index (κ2) is 1.82. The van der Waals surface area contributed by atoms with Crippen molar-refractivity contribution in [1.82, 2.24) is 0 Å². The Hall–Kier alpha value is -0.0400. The van der Waals surface area contributed by atoms with Gasteiger partial charge in [0.2, 0.25) is 0 Å². The lowest BCUT2D eigenvalue weighted by molar-refractivity contribution is 0.0328. The van der Waals surface area contributed by atoms with Crippen LogP contribution in [0.4, 0.5) is 0 Å². The summed E-state index contributed by atoms with van der Waals surface area (Å²) in [6.45, 7) is 0. The smallest absolute Gasteiger partial charge is 0.0742 e. The Kier molecular flexibility index (Phi) is 1.07. The maximum atomic E-state index is 5.68. The van der Waals surface area contributed by atoms with E-state index in [0.717, 1.165) is 17.8 Å². The van der Waals surface area contributed by atoms with E-state index in [1.807, 2.05) is 7.11 Å². The van der Waals surface area contributed by atoms with E-state index < -0.39 is 0 Å². The third-order valence-corrected chi connectivity index (χ3v) is 4.43. The summed E-state index contributed by atoms with van der Waals surface area (Å²) in [4.78, 5) is 0. The predicted molar refractivity (Wildman–Crippen MR) is 43.3 cm³/mol. The van der Waals surface area contributed by atoms with Crippen molar-refractivity contribution in [3.05, 3.63) is 0 Å². The van der Waals surface area contributed by atoms with Gasteiger partial charge in [0.15, 0.2) is 0 Å². The fraction of sp³-hybridized carbons (Fsp3) is 1.00. The minimum Gasteiger partial charge on any atom is -0.378 e. The molecule has 4 atom stereocenters. The average molecular weight is 152 g/mol. The summed E-state index contributed by atoms with van der Waals surface area (Å²) in [7, 11) is 1.92. The number of rotatable bonds is 1. The zero-order valence-corrected chi connectivity index (χ0v) is 7.18. The molecule has 0 amide bonds. The molecule has 0 saturated heterocycles. The molecule has 3 rings (SSSR count). The quantitative estimate of drug-likeness (QED) is 0.559. The van der Waals surface area contributed by atoms with Gasteiger partial charge in [0.05, 0.1) is 5.60 Å². The number of hydrogen-bond acceptors (Lipinski definition) is 1. The van der Waals surface area contributed by atoms with E-state index in [9.17, 15) is 0 Å². The predicted octanol–water partition coefficient (Wildman–Crippen LogP) is 2.21. The molecule has 0 aromatic carbocycles. The SMILES string of the molecule is COC12CCC3CCC1C2C3. The summed E-state index contributed by atoms with van der Waals surface area (Å²) in [5.41, 5.74) is 0.396. The van der Waals surface area contributed by atoms with Gasteiger partial charge >= 0.3 is 0 Å².